The fourth-order valence-corrected chi connectivity index (χ4v) is 5.08. The van der Waals surface area contributed by atoms with Crippen LogP contribution in [0.4, 0.5) is 0 Å². The molecule has 1 N–H and O–H groups in total. The van der Waals surface area contributed by atoms with Crippen LogP contribution in [0.15, 0.2) is 54.6 Å². The van der Waals surface area contributed by atoms with Gasteiger partial charge in [0.2, 0.25) is 11.8 Å². The summed E-state index contributed by atoms with van der Waals surface area (Å²) in [5, 5.41) is 3.35. The van der Waals surface area contributed by atoms with Gasteiger partial charge >= 0.3 is 0 Å². The van der Waals surface area contributed by atoms with Crippen molar-refractivity contribution in [1.29, 1.82) is 0 Å². The van der Waals surface area contributed by atoms with Gasteiger partial charge in [-0.2, -0.15) is 0 Å². The van der Waals surface area contributed by atoms with Crippen LogP contribution in [-0.2, 0) is 16.0 Å². The highest BCUT2D eigenvalue weighted by atomic mass is 16.2. The lowest BCUT2D eigenvalue weighted by Gasteiger charge is -2.30. The second kappa shape index (κ2) is 10.8. The molecule has 0 aromatic heterocycles. The fraction of sp³-hybridized carbons (Fsp3) is 0.481. The first-order chi connectivity index (χ1) is 15.7. The monoisotopic (exact) mass is 433 g/mol. The van der Waals surface area contributed by atoms with Crippen molar-refractivity contribution in [2.45, 2.75) is 32.6 Å². The Hall–Kier alpha value is -2.66. The first-order valence-electron chi connectivity index (χ1n) is 12.1. The van der Waals surface area contributed by atoms with E-state index < -0.39 is 0 Å². The van der Waals surface area contributed by atoms with Gasteiger partial charge in [0.05, 0.1) is 5.92 Å². The zero-order chi connectivity index (χ0) is 22.3. The SMILES string of the molecule is CCCN1CCN(C(=O)C2CCNCC2)C[C@H](Cc2ccccc2-c2ccccc2)C1=O. The third-order valence-electron chi connectivity index (χ3n) is 6.80. The summed E-state index contributed by atoms with van der Waals surface area (Å²) in [4.78, 5) is 30.8. The molecule has 2 fully saturated rings. The molecule has 2 aromatic rings. The first kappa shape index (κ1) is 22.5. The summed E-state index contributed by atoms with van der Waals surface area (Å²) in [6.07, 6.45) is 3.37. The largest absolute Gasteiger partial charge is 0.341 e. The number of carbonyl (C=O) groups is 2. The molecule has 1 atom stereocenters. The number of nitrogens with one attached hydrogen (secondary N) is 1. The number of rotatable bonds is 6. The van der Waals surface area contributed by atoms with Crippen molar-refractivity contribution in [2.24, 2.45) is 11.8 Å². The van der Waals surface area contributed by atoms with E-state index in [-0.39, 0.29) is 23.7 Å². The Labute approximate surface area is 191 Å². The molecule has 0 spiro atoms. The number of hydrogen-bond acceptors (Lipinski definition) is 3. The standard InChI is InChI=1S/C27H35N3O2/c1-2-16-29-17-18-30(26(31)22-12-14-28-15-13-22)20-24(27(29)32)19-23-10-6-7-11-25(23)21-8-4-3-5-9-21/h3-11,22,24,28H,2,12-20H2,1H3/t24-/m0/s1. The summed E-state index contributed by atoms with van der Waals surface area (Å²) in [7, 11) is 0. The van der Waals surface area contributed by atoms with Crippen LogP contribution in [-0.4, -0.2) is 60.9 Å². The minimum absolute atomic E-state index is 0.0846. The molecule has 0 unspecified atom stereocenters. The molecular formula is C27H35N3O2. The maximum atomic E-state index is 13.5. The van der Waals surface area contributed by atoms with Gasteiger partial charge in [-0.25, -0.2) is 0 Å². The average molecular weight is 434 g/mol. The Morgan fingerprint density at radius 3 is 2.47 bits per heavy atom. The first-order valence-corrected chi connectivity index (χ1v) is 12.1. The number of amides is 2. The van der Waals surface area contributed by atoms with Crippen LogP contribution in [0.25, 0.3) is 11.1 Å². The lowest BCUT2D eigenvalue weighted by atomic mass is 9.90. The van der Waals surface area contributed by atoms with E-state index in [0.29, 0.717) is 26.1 Å². The van der Waals surface area contributed by atoms with Crippen molar-refractivity contribution in [1.82, 2.24) is 15.1 Å². The van der Waals surface area contributed by atoms with E-state index in [4.69, 9.17) is 0 Å². The molecule has 0 radical (unpaired) electrons. The van der Waals surface area contributed by atoms with Crippen LogP contribution in [0.2, 0.25) is 0 Å². The number of carbonyl (C=O) groups excluding carboxylic acids is 2. The zero-order valence-corrected chi connectivity index (χ0v) is 19.1. The molecule has 2 aliphatic rings. The van der Waals surface area contributed by atoms with Crippen LogP contribution in [0, 0.1) is 11.8 Å². The van der Waals surface area contributed by atoms with E-state index in [2.05, 4.69) is 42.6 Å². The number of nitrogens with zero attached hydrogens (tertiary/aromatic N) is 2. The van der Waals surface area contributed by atoms with E-state index in [1.165, 1.54) is 11.1 Å². The molecule has 2 heterocycles. The normalized spacial score (nSPS) is 20.3. The van der Waals surface area contributed by atoms with Crippen molar-refractivity contribution < 1.29 is 9.59 Å². The third-order valence-corrected chi connectivity index (χ3v) is 6.80. The quantitative estimate of drug-likeness (QED) is 0.757. The number of hydrogen-bond donors (Lipinski definition) is 1. The Morgan fingerprint density at radius 2 is 1.72 bits per heavy atom. The third kappa shape index (κ3) is 5.21. The van der Waals surface area contributed by atoms with Gasteiger partial charge in [0, 0.05) is 32.1 Å². The highest BCUT2D eigenvalue weighted by Gasteiger charge is 2.34. The smallest absolute Gasteiger partial charge is 0.227 e. The van der Waals surface area contributed by atoms with Gasteiger partial charge < -0.3 is 15.1 Å². The van der Waals surface area contributed by atoms with Crippen molar-refractivity contribution in [3.63, 3.8) is 0 Å². The molecule has 5 nitrogen and oxygen atoms in total. The summed E-state index contributed by atoms with van der Waals surface area (Å²) in [6.45, 7) is 6.47. The van der Waals surface area contributed by atoms with Crippen LogP contribution < -0.4 is 5.32 Å². The predicted octanol–water partition coefficient (Wildman–Crippen LogP) is 3.59. The van der Waals surface area contributed by atoms with Crippen LogP contribution in [0.1, 0.15) is 31.7 Å². The fourth-order valence-electron chi connectivity index (χ4n) is 5.08. The van der Waals surface area contributed by atoms with E-state index in [1.807, 2.05) is 34.1 Å². The summed E-state index contributed by atoms with van der Waals surface area (Å²) in [6, 6.07) is 18.7. The van der Waals surface area contributed by atoms with Crippen molar-refractivity contribution >= 4 is 11.8 Å². The Balaban J connectivity index is 1.59. The molecule has 2 amide bonds. The molecule has 0 aliphatic carbocycles. The zero-order valence-electron chi connectivity index (χ0n) is 19.1. The summed E-state index contributed by atoms with van der Waals surface area (Å²) in [5.74, 6) is 0.301. The Morgan fingerprint density at radius 1 is 1.00 bits per heavy atom. The van der Waals surface area contributed by atoms with Crippen molar-refractivity contribution in [3.8, 4) is 11.1 Å². The molecule has 2 aliphatic heterocycles. The average Bonchev–Trinajstić information content (AvgIpc) is 3.00. The van der Waals surface area contributed by atoms with E-state index in [0.717, 1.165) is 44.5 Å². The van der Waals surface area contributed by atoms with Gasteiger partial charge in [0.1, 0.15) is 0 Å². The van der Waals surface area contributed by atoms with Gasteiger partial charge in [0.25, 0.3) is 0 Å². The maximum Gasteiger partial charge on any atom is 0.227 e. The van der Waals surface area contributed by atoms with Crippen molar-refractivity contribution in [2.75, 3.05) is 39.3 Å². The maximum absolute atomic E-state index is 13.5. The predicted molar refractivity (Wildman–Crippen MR) is 128 cm³/mol. The van der Waals surface area contributed by atoms with Gasteiger partial charge in [-0.3, -0.25) is 9.59 Å². The topological polar surface area (TPSA) is 52.6 Å². The van der Waals surface area contributed by atoms with Gasteiger partial charge in [-0.15, -0.1) is 0 Å². The van der Waals surface area contributed by atoms with Crippen LogP contribution in [0.5, 0.6) is 0 Å². The van der Waals surface area contributed by atoms with E-state index in [9.17, 15) is 9.59 Å². The van der Waals surface area contributed by atoms with Gasteiger partial charge in [-0.05, 0) is 55.5 Å². The molecule has 0 saturated carbocycles. The molecule has 2 saturated heterocycles. The summed E-state index contributed by atoms with van der Waals surface area (Å²) in [5.41, 5.74) is 3.50. The Kier molecular flexibility index (Phi) is 7.59. The lowest BCUT2D eigenvalue weighted by molar-refractivity contribution is -0.137. The molecule has 4 rings (SSSR count). The van der Waals surface area contributed by atoms with Crippen molar-refractivity contribution in [3.05, 3.63) is 60.2 Å². The summed E-state index contributed by atoms with van der Waals surface area (Å²) < 4.78 is 0. The van der Waals surface area contributed by atoms with Gasteiger partial charge in [-0.1, -0.05) is 61.5 Å². The van der Waals surface area contributed by atoms with E-state index in [1.54, 1.807) is 0 Å². The molecule has 32 heavy (non-hydrogen) atoms. The molecule has 0 bridgehead atoms. The number of piperidine rings is 1. The molecular weight excluding hydrogens is 398 g/mol. The second-order valence-electron chi connectivity index (χ2n) is 9.06. The Bertz CT molecular complexity index is 908. The molecule has 2 aromatic carbocycles. The van der Waals surface area contributed by atoms with Crippen LogP contribution >= 0.6 is 0 Å². The van der Waals surface area contributed by atoms with Crippen LogP contribution in [0.3, 0.4) is 0 Å². The molecule has 5 heteroatoms. The summed E-state index contributed by atoms with van der Waals surface area (Å²) >= 11 is 0. The van der Waals surface area contributed by atoms with Gasteiger partial charge in [0.15, 0.2) is 0 Å². The minimum Gasteiger partial charge on any atom is -0.341 e. The highest BCUT2D eigenvalue weighted by molar-refractivity contribution is 5.83. The second-order valence-corrected chi connectivity index (χ2v) is 9.06. The van der Waals surface area contributed by atoms with E-state index >= 15 is 0 Å². The molecule has 170 valence electrons. The lowest BCUT2D eigenvalue weighted by Crippen LogP contribution is -2.43. The highest BCUT2D eigenvalue weighted by Crippen LogP contribution is 2.28. The minimum atomic E-state index is -0.209. The number of benzene rings is 2.